The van der Waals surface area contributed by atoms with Gasteiger partial charge in [0.1, 0.15) is 0 Å². The van der Waals surface area contributed by atoms with Gasteiger partial charge < -0.3 is 18.5 Å². The van der Waals surface area contributed by atoms with Crippen LogP contribution >= 0.6 is 0 Å². The molecule has 0 fully saturated rings. The summed E-state index contributed by atoms with van der Waals surface area (Å²) in [4.78, 5) is 4.75. The van der Waals surface area contributed by atoms with Crippen LogP contribution in [0.1, 0.15) is 5.56 Å². The van der Waals surface area contributed by atoms with Gasteiger partial charge >= 0.3 is 0 Å². The van der Waals surface area contributed by atoms with E-state index in [1.165, 1.54) is 5.56 Å². The van der Waals surface area contributed by atoms with Crippen molar-refractivity contribution in [2.75, 3.05) is 6.79 Å². The molecule has 0 amide bonds. The first kappa shape index (κ1) is 14.2. The van der Waals surface area contributed by atoms with Crippen LogP contribution in [0.4, 0.5) is 0 Å². The molecular weight excluding hydrogens is 316 g/mol. The number of nitrogens with zero attached hydrogens (tertiary/aromatic N) is 2. The Hall–Kier alpha value is -3.21. The van der Waals surface area contributed by atoms with Crippen molar-refractivity contribution in [3.05, 3.63) is 66.4 Å². The largest absolute Gasteiger partial charge is 0.461 e. The monoisotopic (exact) mass is 332 g/mol. The summed E-state index contributed by atoms with van der Waals surface area (Å²) in [6.07, 6.45) is 2.54. The van der Waals surface area contributed by atoms with Crippen LogP contribution in [0.25, 0.3) is 22.6 Å². The SMILES string of the molecule is c1coc(-c2nc3ccccc3n2CCc2ccc3c(c2)OCO3)c1. The summed E-state index contributed by atoms with van der Waals surface area (Å²) in [5.74, 6) is 3.26. The molecule has 25 heavy (non-hydrogen) atoms. The van der Waals surface area contributed by atoms with Crippen LogP contribution < -0.4 is 9.47 Å². The lowest BCUT2D eigenvalue weighted by atomic mass is 10.1. The number of fused-ring (bicyclic) bond motifs is 2. The molecule has 1 aliphatic heterocycles. The standard InChI is InChI=1S/C20H16N2O3/c1-2-5-16-15(4-1)21-20(18-6-3-11-23-18)22(16)10-9-14-7-8-17-19(12-14)25-13-24-17/h1-8,11-12H,9-10,13H2. The van der Waals surface area contributed by atoms with E-state index in [-0.39, 0.29) is 0 Å². The zero-order valence-electron chi connectivity index (χ0n) is 13.5. The summed E-state index contributed by atoms with van der Waals surface area (Å²) >= 11 is 0. The number of aromatic nitrogens is 2. The van der Waals surface area contributed by atoms with E-state index in [9.17, 15) is 0 Å². The lowest BCUT2D eigenvalue weighted by molar-refractivity contribution is 0.174. The van der Waals surface area contributed by atoms with Gasteiger partial charge in [0.2, 0.25) is 6.79 Å². The Morgan fingerprint density at radius 1 is 0.960 bits per heavy atom. The molecule has 5 heteroatoms. The van der Waals surface area contributed by atoms with E-state index in [2.05, 4.69) is 16.7 Å². The van der Waals surface area contributed by atoms with Crippen molar-refractivity contribution in [2.24, 2.45) is 0 Å². The highest BCUT2D eigenvalue weighted by atomic mass is 16.7. The quantitative estimate of drug-likeness (QED) is 0.560. The zero-order chi connectivity index (χ0) is 16.6. The fraction of sp³-hybridized carbons (Fsp3) is 0.150. The summed E-state index contributed by atoms with van der Waals surface area (Å²) in [6, 6.07) is 18.1. The molecule has 4 aromatic rings. The molecule has 2 aromatic carbocycles. The fourth-order valence-electron chi connectivity index (χ4n) is 3.23. The van der Waals surface area contributed by atoms with E-state index in [0.717, 1.165) is 47.1 Å². The average Bonchev–Trinajstić information content (AvgIpc) is 3.38. The van der Waals surface area contributed by atoms with Gasteiger partial charge in [-0.15, -0.1) is 0 Å². The van der Waals surface area contributed by atoms with Crippen molar-refractivity contribution in [1.29, 1.82) is 0 Å². The predicted octanol–water partition coefficient (Wildman–Crippen LogP) is 4.27. The molecule has 3 heterocycles. The molecule has 0 saturated carbocycles. The minimum Gasteiger partial charge on any atom is -0.461 e. The van der Waals surface area contributed by atoms with E-state index >= 15 is 0 Å². The Morgan fingerprint density at radius 3 is 2.80 bits per heavy atom. The first-order chi connectivity index (χ1) is 12.4. The van der Waals surface area contributed by atoms with Crippen LogP contribution in [-0.4, -0.2) is 16.3 Å². The molecule has 0 aliphatic carbocycles. The van der Waals surface area contributed by atoms with Gasteiger partial charge in [-0.3, -0.25) is 0 Å². The van der Waals surface area contributed by atoms with Crippen molar-refractivity contribution < 1.29 is 13.9 Å². The summed E-state index contributed by atoms with van der Waals surface area (Å²) < 4.78 is 18.6. The number of furan rings is 1. The minimum atomic E-state index is 0.299. The summed E-state index contributed by atoms with van der Waals surface area (Å²) in [5.41, 5.74) is 3.28. The van der Waals surface area contributed by atoms with Gasteiger partial charge in [0, 0.05) is 6.54 Å². The number of hydrogen-bond donors (Lipinski definition) is 0. The zero-order valence-corrected chi connectivity index (χ0v) is 13.5. The van der Waals surface area contributed by atoms with Crippen molar-refractivity contribution in [1.82, 2.24) is 9.55 Å². The Bertz CT molecular complexity index is 1030. The number of aryl methyl sites for hydroxylation is 2. The minimum absolute atomic E-state index is 0.299. The number of ether oxygens (including phenoxy) is 2. The van der Waals surface area contributed by atoms with Gasteiger partial charge in [0.05, 0.1) is 17.3 Å². The molecule has 1 aliphatic rings. The third kappa shape index (κ3) is 2.45. The predicted molar refractivity (Wildman–Crippen MR) is 93.7 cm³/mol. The molecule has 0 N–H and O–H groups in total. The summed E-state index contributed by atoms with van der Waals surface area (Å²) in [5, 5.41) is 0. The highest BCUT2D eigenvalue weighted by Gasteiger charge is 2.16. The van der Waals surface area contributed by atoms with E-state index in [0.29, 0.717) is 6.79 Å². The van der Waals surface area contributed by atoms with E-state index < -0.39 is 0 Å². The van der Waals surface area contributed by atoms with E-state index in [1.54, 1.807) is 6.26 Å². The average molecular weight is 332 g/mol. The fourth-order valence-corrected chi connectivity index (χ4v) is 3.23. The molecule has 0 spiro atoms. The van der Waals surface area contributed by atoms with Crippen LogP contribution in [0.15, 0.2) is 65.3 Å². The number of rotatable bonds is 4. The molecule has 2 aromatic heterocycles. The lowest BCUT2D eigenvalue weighted by Gasteiger charge is -2.08. The van der Waals surface area contributed by atoms with Gasteiger partial charge in [-0.25, -0.2) is 4.98 Å². The van der Waals surface area contributed by atoms with Crippen molar-refractivity contribution in [3.63, 3.8) is 0 Å². The van der Waals surface area contributed by atoms with Gasteiger partial charge in [-0.05, 0) is 48.4 Å². The number of para-hydroxylation sites is 2. The van der Waals surface area contributed by atoms with Crippen LogP contribution in [0.3, 0.4) is 0 Å². The van der Waals surface area contributed by atoms with Crippen molar-refractivity contribution >= 4 is 11.0 Å². The van der Waals surface area contributed by atoms with Gasteiger partial charge in [0.15, 0.2) is 23.1 Å². The Kier molecular flexibility index (Phi) is 3.23. The molecule has 5 rings (SSSR count). The summed E-state index contributed by atoms with van der Waals surface area (Å²) in [6.45, 7) is 1.10. The molecular formula is C20H16N2O3. The van der Waals surface area contributed by atoms with Crippen LogP contribution in [0.2, 0.25) is 0 Å². The van der Waals surface area contributed by atoms with Crippen molar-refractivity contribution in [3.8, 4) is 23.1 Å². The number of imidazole rings is 1. The molecule has 5 nitrogen and oxygen atoms in total. The molecule has 0 radical (unpaired) electrons. The number of hydrogen-bond acceptors (Lipinski definition) is 4. The Morgan fingerprint density at radius 2 is 1.88 bits per heavy atom. The third-order valence-corrected chi connectivity index (χ3v) is 4.46. The van der Waals surface area contributed by atoms with Gasteiger partial charge in [-0.1, -0.05) is 18.2 Å². The molecule has 0 saturated heterocycles. The summed E-state index contributed by atoms with van der Waals surface area (Å²) in [7, 11) is 0. The van der Waals surface area contributed by atoms with Crippen LogP contribution in [-0.2, 0) is 13.0 Å². The number of benzene rings is 2. The first-order valence-corrected chi connectivity index (χ1v) is 8.26. The topological polar surface area (TPSA) is 49.4 Å². The maximum Gasteiger partial charge on any atom is 0.231 e. The highest BCUT2D eigenvalue weighted by molar-refractivity contribution is 5.79. The molecule has 0 atom stereocenters. The van der Waals surface area contributed by atoms with Crippen molar-refractivity contribution in [2.45, 2.75) is 13.0 Å². The van der Waals surface area contributed by atoms with Crippen LogP contribution in [0, 0.1) is 0 Å². The van der Waals surface area contributed by atoms with Crippen LogP contribution in [0.5, 0.6) is 11.5 Å². The second-order valence-corrected chi connectivity index (χ2v) is 5.99. The smallest absolute Gasteiger partial charge is 0.231 e. The van der Waals surface area contributed by atoms with Gasteiger partial charge in [-0.2, -0.15) is 0 Å². The van der Waals surface area contributed by atoms with E-state index in [4.69, 9.17) is 18.9 Å². The lowest BCUT2D eigenvalue weighted by Crippen LogP contribution is -2.03. The van der Waals surface area contributed by atoms with E-state index in [1.807, 2.05) is 42.5 Å². The second kappa shape index (κ2) is 5.70. The highest BCUT2D eigenvalue weighted by Crippen LogP contribution is 2.33. The van der Waals surface area contributed by atoms with Gasteiger partial charge in [0.25, 0.3) is 0 Å². The normalized spacial score (nSPS) is 12.8. The maximum absolute atomic E-state index is 5.58. The maximum atomic E-state index is 5.58. The Labute approximate surface area is 144 Å². The third-order valence-electron chi connectivity index (χ3n) is 4.46. The molecule has 0 bridgehead atoms. The Balaban J connectivity index is 1.50. The second-order valence-electron chi connectivity index (χ2n) is 5.99. The molecule has 124 valence electrons. The first-order valence-electron chi connectivity index (χ1n) is 8.26. The molecule has 0 unspecified atom stereocenters.